The first-order valence-corrected chi connectivity index (χ1v) is 8.46. The van der Waals surface area contributed by atoms with Gasteiger partial charge in [0, 0.05) is 30.8 Å². The van der Waals surface area contributed by atoms with Gasteiger partial charge in [0.25, 0.3) is 5.91 Å². The van der Waals surface area contributed by atoms with Crippen molar-refractivity contribution >= 4 is 11.6 Å². The van der Waals surface area contributed by atoms with Gasteiger partial charge in [-0.1, -0.05) is 0 Å². The van der Waals surface area contributed by atoms with Gasteiger partial charge in [0.05, 0.1) is 12.0 Å². The average molecular weight is 333 g/mol. The van der Waals surface area contributed by atoms with E-state index in [1.165, 1.54) is 32.1 Å². The predicted octanol–water partition coefficient (Wildman–Crippen LogP) is 2.30. The van der Waals surface area contributed by atoms with Crippen molar-refractivity contribution in [2.75, 3.05) is 33.3 Å². The number of hydrogen-bond acceptors (Lipinski definition) is 5. The Balaban J connectivity index is 1.77. The van der Waals surface area contributed by atoms with Crippen LogP contribution in [0.5, 0.6) is 5.75 Å². The van der Waals surface area contributed by atoms with Crippen LogP contribution in [0.3, 0.4) is 0 Å². The molecule has 2 aliphatic heterocycles. The van der Waals surface area contributed by atoms with Gasteiger partial charge in [0.15, 0.2) is 5.75 Å². The summed E-state index contributed by atoms with van der Waals surface area (Å²) in [4.78, 5) is 27.8. The second-order valence-electron chi connectivity index (χ2n) is 6.45. The largest absolute Gasteiger partial charge is 0.490 e. The smallest absolute Gasteiger partial charge is 0.311 e. The molecular weight excluding hydrogens is 310 g/mol. The van der Waals surface area contributed by atoms with Gasteiger partial charge in [0.1, 0.15) is 0 Å². The summed E-state index contributed by atoms with van der Waals surface area (Å²) < 4.78 is 5.00. The van der Waals surface area contributed by atoms with Crippen LogP contribution < -0.4 is 4.74 Å². The summed E-state index contributed by atoms with van der Waals surface area (Å²) in [6, 6.07) is 4.64. The lowest BCUT2D eigenvalue weighted by Crippen LogP contribution is -2.42. The molecule has 7 nitrogen and oxygen atoms in total. The molecule has 130 valence electrons. The van der Waals surface area contributed by atoms with E-state index in [9.17, 15) is 14.9 Å². The minimum absolute atomic E-state index is 0.123. The van der Waals surface area contributed by atoms with E-state index < -0.39 is 4.92 Å². The maximum absolute atomic E-state index is 12.8. The molecule has 3 rings (SSSR count). The number of hydrogen-bond donors (Lipinski definition) is 0. The predicted molar refractivity (Wildman–Crippen MR) is 89.4 cm³/mol. The third-order valence-electron chi connectivity index (χ3n) is 4.93. The first-order chi connectivity index (χ1) is 11.6. The summed E-state index contributed by atoms with van der Waals surface area (Å²) in [5.41, 5.74) is 0.189. The van der Waals surface area contributed by atoms with Gasteiger partial charge < -0.3 is 14.5 Å². The van der Waals surface area contributed by atoms with Gasteiger partial charge in [-0.25, -0.2) is 0 Å². The molecule has 1 aromatic carbocycles. The lowest BCUT2D eigenvalue weighted by Gasteiger charge is -2.28. The minimum atomic E-state index is -0.513. The van der Waals surface area contributed by atoms with Crippen LogP contribution in [0.25, 0.3) is 0 Å². The standard InChI is InChI=1S/C17H23N3O4/c1-24-16-7-6-13(11-15(16)20(22)23)17(21)19-10-4-5-14(19)12-18-8-2-3-9-18/h6-7,11,14H,2-5,8-10,12H2,1H3/t14-/m0/s1. The third-order valence-corrected chi connectivity index (χ3v) is 4.93. The second kappa shape index (κ2) is 7.17. The molecule has 0 radical (unpaired) electrons. The Morgan fingerprint density at radius 1 is 1.29 bits per heavy atom. The number of nitro groups is 1. The number of amides is 1. The van der Waals surface area contributed by atoms with Crippen LogP contribution >= 0.6 is 0 Å². The van der Waals surface area contributed by atoms with Crippen LogP contribution in [0, 0.1) is 10.1 Å². The van der Waals surface area contributed by atoms with Crippen molar-refractivity contribution in [1.29, 1.82) is 0 Å². The van der Waals surface area contributed by atoms with E-state index in [0.717, 1.165) is 39.0 Å². The SMILES string of the molecule is COc1ccc(C(=O)N2CCC[C@H]2CN2CCCC2)cc1[N+](=O)[O-]. The van der Waals surface area contributed by atoms with Gasteiger partial charge in [-0.05, 0) is 50.9 Å². The van der Waals surface area contributed by atoms with Crippen LogP contribution in [-0.2, 0) is 0 Å². The Morgan fingerprint density at radius 2 is 2.04 bits per heavy atom. The average Bonchev–Trinajstić information content (AvgIpc) is 3.26. The van der Waals surface area contributed by atoms with E-state index in [4.69, 9.17) is 4.74 Å². The molecule has 0 N–H and O–H groups in total. The molecule has 7 heteroatoms. The van der Waals surface area contributed by atoms with Gasteiger partial charge in [0.2, 0.25) is 0 Å². The van der Waals surface area contributed by atoms with Crippen LogP contribution in [0.4, 0.5) is 5.69 Å². The van der Waals surface area contributed by atoms with E-state index in [0.29, 0.717) is 5.56 Å². The number of carbonyl (C=O) groups excluding carboxylic acids is 1. The summed E-state index contributed by atoms with van der Waals surface area (Å²) >= 11 is 0. The van der Waals surface area contributed by atoms with E-state index >= 15 is 0 Å². The molecule has 1 amide bonds. The molecule has 2 fully saturated rings. The summed E-state index contributed by atoms with van der Waals surface area (Å²) in [7, 11) is 1.39. The Bertz CT molecular complexity index is 628. The second-order valence-corrected chi connectivity index (χ2v) is 6.45. The molecule has 1 atom stereocenters. The molecule has 0 aromatic heterocycles. The summed E-state index contributed by atoms with van der Waals surface area (Å²) in [6.07, 6.45) is 4.44. The molecule has 2 aliphatic rings. The van der Waals surface area contributed by atoms with E-state index in [1.807, 2.05) is 4.90 Å². The highest BCUT2D eigenvalue weighted by atomic mass is 16.6. The summed E-state index contributed by atoms with van der Waals surface area (Å²) in [6.45, 7) is 3.83. The highest BCUT2D eigenvalue weighted by molar-refractivity contribution is 5.95. The molecule has 1 aromatic rings. The quantitative estimate of drug-likeness (QED) is 0.610. The molecule has 0 spiro atoms. The van der Waals surface area contributed by atoms with Crippen molar-refractivity contribution in [2.24, 2.45) is 0 Å². The first kappa shape index (κ1) is 16.7. The molecular formula is C17H23N3O4. The molecule has 2 heterocycles. The van der Waals surface area contributed by atoms with Crippen molar-refractivity contribution in [3.8, 4) is 5.75 Å². The molecule has 24 heavy (non-hydrogen) atoms. The fraction of sp³-hybridized carbons (Fsp3) is 0.588. The van der Waals surface area contributed by atoms with Crippen LogP contribution in [-0.4, -0.2) is 60.0 Å². The maximum atomic E-state index is 12.8. The van der Waals surface area contributed by atoms with Gasteiger partial charge in [-0.2, -0.15) is 0 Å². The number of likely N-dealkylation sites (tertiary alicyclic amines) is 2. The zero-order valence-corrected chi connectivity index (χ0v) is 13.9. The number of methoxy groups -OCH3 is 1. The van der Waals surface area contributed by atoms with Crippen molar-refractivity contribution in [1.82, 2.24) is 9.80 Å². The Kier molecular flexibility index (Phi) is 4.99. The van der Waals surface area contributed by atoms with E-state index in [-0.39, 0.29) is 23.4 Å². The first-order valence-electron chi connectivity index (χ1n) is 8.46. The molecule has 0 bridgehead atoms. The third kappa shape index (κ3) is 3.36. The van der Waals surface area contributed by atoms with Crippen LogP contribution in [0.2, 0.25) is 0 Å². The Hall–Kier alpha value is -2.15. The molecule has 0 aliphatic carbocycles. The normalized spacial score (nSPS) is 21.2. The number of rotatable bonds is 5. The fourth-order valence-electron chi connectivity index (χ4n) is 3.69. The zero-order valence-electron chi connectivity index (χ0n) is 13.9. The number of benzene rings is 1. The molecule has 0 saturated carbocycles. The lowest BCUT2D eigenvalue weighted by molar-refractivity contribution is -0.385. The number of nitro benzene ring substituents is 1. The number of nitrogens with zero attached hydrogens (tertiary/aromatic N) is 3. The van der Waals surface area contributed by atoms with Gasteiger partial charge in [-0.15, -0.1) is 0 Å². The monoisotopic (exact) mass is 333 g/mol. The minimum Gasteiger partial charge on any atom is -0.490 e. The summed E-state index contributed by atoms with van der Waals surface area (Å²) in [5, 5.41) is 11.2. The van der Waals surface area contributed by atoms with Crippen LogP contribution in [0.15, 0.2) is 18.2 Å². The Labute approximate surface area is 141 Å². The van der Waals surface area contributed by atoms with E-state index in [1.54, 1.807) is 6.07 Å². The van der Waals surface area contributed by atoms with Gasteiger partial charge in [-0.3, -0.25) is 14.9 Å². The highest BCUT2D eigenvalue weighted by Gasteiger charge is 2.32. The Morgan fingerprint density at radius 3 is 2.71 bits per heavy atom. The number of carbonyl (C=O) groups is 1. The summed E-state index contributed by atoms with van der Waals surface area (Å²) in [5.74, 6) is 0.0500. The highest BCUT2D eigenvalue weighted by Crippen LogP contribution is 2.29. The molecule has 2 saturated heterocycles. The van der Waals surface area contributed by atoms with Crippen LogP contribution in [0.1, 0.15) is 36.0 Å². The van der Waals surface area contributed by atoms with E-state index in [2.05, 4.69) is 4.90 Å². The van der Waals surface area contributed by atoms with Crippen molar-refractivity contribution in [3.05, 3.63) is 33.9 Å². The number of ether oxygens (including phenoxy) is 1. The fourth-order valence-corrected chi connectivity index (χ4v) is 3.69. The topological polar surface area (TPSA) is 75.9 Å². The van der Waals surface area contributed by atoms with Crippen molar-refractivity contribution in [3.63, 3.8) is 0 Å². The van der Waals surface area contributed by atoms with Gasteiger partial charge >= 0.3 is 5.69 Å². The lowest BCUT2D eigenvalue weighted by atomic mass is 10.1. The maximum Gasteiger partial charge on any atom is 0.311 e. The van der Waals surface area contributed by atoms with Crippen molar-refractivity contribution in [2.45, 2.75) is 31.7 Å². The zero-order chi connectivity index (χ0) is 17.1. The van der Waals surface area contributed by atoms with Crippen molar-refractivity contribution < 1.29 is 14.5 Å². The molecule has 0 unspecified atom stereocenters.